The van der Waals surface area contributed by atoms with Crippen molar-refractivity contribution < 1.29 is 14.3 Å². The van der Waals surface area contributed by atoms with Crippen LogP contribution < -0.4 is 15.4 Å². The highest BCUT2D eigenvalue weighted by atomic mass is 16.5. The number of rotatable bonds is 3. The summed E-state index contributed by atoms with van der Waals surface area (Å²) in [5.74, 6) is -0.340. The lowest BCUT2D eigenvalue weighted by molar-refractivity contribution is -0.146. The average Bonchev–Trinajstić information content (AvgIpc) is 2.54. The number of pyridine rings is 1. The van der Waals surface area contributed by atoms with Gasteiger partial charge in [-0.1, -0.05) is 30.3 Å². The van der Waals surface area contributed by atoms with E-state index in [1.165, 1.54) is 6.92 Å². The van der Waals surface area contributed by atoms with Gasteiger partial charge in [0.1, 0.15) is 0 Å². The lowest BCUT2D eigenvalue weighted by atomic mass is 10.0. The van der Waals surface area contributed by atoms with Gasteiger partial charge in [0.05, 0.1) is 0 Å². The zero-order valence-corrected chi connectivity index (χ0v) is 12.0. The first kappa shape index (κ1) is 14.1. The van der Waals surface area contributed by atoms with Crippen LogP contribution in [0.25, 0.3) is 0 Å². The van der Waals surface area contributed by atoms with E-state index in [0.29, 0.717) is 18.1 Å². The van der Waals surface area contributed by atoms with Crippen molar-refractivity contribution in [2.75, 3.05) is 5.32 Å². The number of hydrogen-bond acceptors (Lipinski definition) is 4. The van der Waals surface area contributed by atoms with E-state index in [0.717, 1.165) is 5.56 Å². The highest BCUT2D eigenvalue weighted by Crippen LogP contribution is 2.31. The number of anilines is 1. The predicted octanol–water partition coefficient (Wildman–Crippen LogP) is 1.49. The summed E-state index contributed by atoms with van der Waals surface area (Å²) in [5.41, 5.74) is -0.678. The molecule has 1 atom stereocenters. The van der Waals surface area contributed by atoms with Gasteiger partial charge >= 0.3 is 0 Å². The molecule has 0 saturated heterocycles. The van der Waals surface area contributed by atoms with E-state index < -0.39 is 17.4 Å². The highest BCUT2D eigenvalue weighted by molar-refractivity contribution is 6.15. The number of ether oxygens (including phenoxy) is 1. The van der Waals surface area contributed by atoms with Gasteiger partial charge in [0.15, 0.2) is 11.6 Å². The van der Waals surface area contributed by atoms with Crippen LogP contribution in [0, 0.1) is 0 Å². The largest absolute Gasteiger partial charge is 0.464 e. The van der Waals surface area contributed by atoms with E-state index in [1.54, 1.807) is 18.3 Å². The third-order valence-electron chi connectivity index (χ3n) is 3.48. The summed E-state index contributed by atoms with van der Waals surface area (Å²) in [7, 11) is 0. The molecule has 0 fully saturated rings. The van der Waals surface area contributed by atoms with Crippen LogP contribution in [-0.2, 0) is 16.1 Å². The minimum absolute atomic E-state index is 0.320. The van der Waals surface area contributed by atoms with Crippen LogP contribution in [0.2, 0.25) is 0 Å². The van der Waals surface area contributed by atoms with Gasteiger partial charge in [0.2, 0.25) is 0 Å². The fourth-order valence-electron chi connectivity index (χ4n) is 2.16. The molecule has 2 N–H and O–H groups in total. The Morgan fingerprint density at radius 2 is 2.05 bits per heavy atom. The van der Waals surface area contributed by atoms with Gasteiger partial charge in [-0.2, -0.15) is 0 Å². The van der Waals surface area contributed by atoms with Crippen molar-refractivity contribution >= 4 is 17.6 Å². The second-order valence-electron chi connectivity index (χ2n) is 5.11. The normalized spacial score (nSPS) is 19.6. The standard InChI is InChI=1S/C16H15N3O3/c1-16(14(20)18-10-11-6-3-2-4-7-11)15(21)19-13-12(22-16)8-5-9-17-13/h2-9H,10H2,1H3,(H,18,20)(H,17,19,21)/t16-/m0/s1. The van der Waals surface area contributed by atoms with Crippen LogP contribution in [-0.4, -0.2) is 22.4 Å². The number of nitrogens with one attached hydrogen (secondary N) is 2. The molecule has 3 rings (SSSR count). The van der Waals surface area contributed by atoms with Crippen LogP contribution in [0.5, 0.6) is 5.75 Å². The molecule has 1 aromatic heterocycles. The molecule has 6 heteroatoms. The number of carbonyl (C=O) groups excluding carboxylic acids is 2. The topological polar surface area (TPSA) is 80.3 Å². The molecule has 2 amide bonds. The first-order valence-corrected chi connectivity index (χ1v) is 6.87. The quantitative estimate of drug-likeness (QED) is 0.841. The van der Waals surface area contributed by atoms with Crippen LogP contribution in [0.3, 0.4) is 0 Å². The second kappa shape index (κ2) is 5.48. The van der Waals surface area contributed by atoms with Gasteiger partial charge in [-0.25, -0.2) is 4.98 Å². The third-order valence-corrected chi connectivity index (χ3v) is 3.48. The summed E-state index contributed by atoms with van der Waals surface area (Å²) < 4.78 is 5.60. The van der Waals surface area contributed by atoms with E-state index in [2.05, 4.69) is 15.6 Å². The summed E-state index contributed by atoms with van der Waals surface area (Å²) in [6, 6.07) is 12.8. The molecule has 2 heterocycles. The van der Waals surface area contributed by atoms with Crippen molar-refractivity contribution in [1.82, 2.24) is 10.3 Å². The van der Waals surface area contributed by atoms with Crippen molar-refractivity contribution in [2.45, 2.75) is 19.1 Å². The smallest absolute Gasteiger partial charge is 0.279 e. The number of hydrogen-bond donors (Lipinski definition) is 2. The van der Waals surface area contributed by atoms with E-state index in [4.69, 9.17) is 4.74 Å². The number of aromatic nitrogens is 1. The molecular weight excluding hydrogens is 282 g/mol. The number of carbonyl (C=O) groups is 2. The van der Waals surface area contributed by atoms with E-state index >= 15 is 0 Å². The summed E-state index contributed by atoms with van der Waals surface area (Å²) in [6.45, 7) is 1.77. The molecule has 0 unspecified atom stereocenters. The van der Waals surface area contributed by atoms with E-state index in [9.17, 15) is 9.59 Å². The maximum absolute atomic E-state index is 12.4. The van der Waals surface area contributed by atoms with E-state index in [-0.39, 0.29) is 0 Å². The number of fused-ring (bicyclic) bond motifs is 1. The zero-order chi connectivity index (χ0) is 15.6. The summed E-state index contributed by atoms with van der Waals surface area (Å²) >= 11 is 0. The highest BCUT2D eigenvalue weighted by Gasteiger charge is 2.47. The maximum atomic E-state index is 12.4. The number of benzene rings is 1. The summed E-state index contributed by atoms with van der Waals surface area (Å²) in [4.78, 5) is 28.6. The lowest BCUT2D eigenvalue weighted by Crippen LogP contribution is -2.58. The fraction of sp³-hybridized carbons (Fsp3) is 0.188. The molecular formula is C16H15N3O3. The van der Waals surface area contributed by atoms with E-state index in [1.807, 2.05) is 30.3 Å². The van der Waals surface area contributed by atoms with Crippen LogP contribution in [0.15, 0.2) is 48.7 Å². The molecule has 0 radical (unpaired) electrons. The number of amides is 2. The van der Waals surface area contributed by atoms with Crippen molar-refractivity contribution in [1.29, 1.82) is 0 Å². The van der Waals surface area contributed by atoms with Crippen LogP contribution in [0.4, 0.5) is 5.82 Å². The van der Waals surface area contributed by atoms with Gasteiger partial charge in [0, 0.05) is 12.7 Å². The molecule has 1 aliphatic rings. The summed E-state index contributed by atoms with van der Waals surface area (Å²) in [5, 5.41) is 5.32. The second-order valence-corrected chi connectivity index (χ2v) is 5.11. The van der Waals surface area contributed by atoms with Gasteiger partial charge in [-0.15, -0.1) is 0 Å². The first-order chi connectivity index (χ1) is 10.6. The monoisotopic (exact) mass is 297 g/mol. The Morgan fingerprint density at radius 1 is 1.27 bits per heavy atom. The Bertz CT molecular complexity index is 718. The minimum Gasteiger partial charge on any atom is -0.464 e. The molecule has 0 aliphatic carbocycles. The molecule has 22 heavy (non-hydrogen) atoms. The van der Waals surface area contributed by atoms with Crippen molar-refractivity contribution in [3.05, 3.63) is 54.2 Å². The van der Waals surface area contributed by atoms with Crippen LogP contribution in [0.1, 0.15) is 12.5 Å². The first-order valence-electron chi connectivity index (χ1n) is 6.87. The lowest BCUT2D eigenvalue weighted by Gasteiger charge is -2.32. The molecule has 0 spiro atoms. The zero-order valence-electron chi connectivity index (χ0n) is 12.0. The van der Waals surface area contributed by atoms with Crippen molar-refractivity contribution in [3.63, 3.8) is 0 Å². The Hall–Kier alpha value is -2.89. The van der Waals surface area contributed by atoms with Crippen molar-refractivity contribution in [3.8, 4) is 5.75 Å². The van der Waals surface area contributed by atoms with Crippen LogP contribution >= 0.6 is 0 Å². The molecule has 0 saturated carbocycles. The molecule has 6 nitrogen and oxygen atoms in total. The van der Waals surface area contributed by atoms with Gasteiger partial charge in [0.25, 0.3) is 17.4 Å². The molecule has 2 aromatic rings. The predicted molar refractivity (Wildman–Crippen MR) is 80.2 cm³/mol. The maximum Gasteiger partial charge on any atom is 0.279 e. The fourth-order valence-corrected chi connectivity index (χ4v) is 2.16. The molecule has 1 aromatic carbocycles. The SMILES string of the molecule is C[C@@]1(C(=O)NCc2ccccc2)Oc2cccnc2NC1=O. The Labute approximate surface area is 127 Å². The van der Waals surface area contributed by atoms with Gasteiger partial charge < -0.3 is 15.4 Å². The van der Waals surface area contributed by atoms with Gasteiger partial charge in [-0.3, -0.25) is 9.59 Å². The Balaban J connectivity index is 1.75. The average molecular weight is 297 g/mol. The van der Waals surface area contributed by atoms with Crippen molar-refractivity contribution in [2.24, 2.45) is 0 Å². The summed E-state index contributed by atoms with van der Waals surface area (Å²) in [6.07, 6.45) is 1.54. The third kappa shape index (κ3) is 2.50. The number of nitrogens with zero attached hydrogens (tertiary/aromatic N) is 1. The molecule has 1 aliphatic heterocycles. The minimum atomic E-state index is -1.62. The van der Waals surface area contributed by atoms with Gasteiger partial charge in [-0.05, 0) is 24.6 Å². The molecule has 112 valence electrons. The Morgan fingerprint density at radius 3 is 2.82 bits per heavy atom. The molecule has 0 bridgehead atoms. The Kier molecular flexibility index (Phi) is 3.50.